The van der Waals surface area contributed by atoms with Gasteiger partial charge in [0.1, 0.15) is 5.82 Å². The molecule has 1 unspecified atom stereocenters. The van der Waals surface area contributed by atoms with Crippen molar-refractivity contribution in [1.29, 1.82) is 0 Å². The molecule has 2 heterocycles. The van der Waals surface area contributed by atoms with Gasteiger partial charge in [0.05, 0.1) is 6.10 Å². The van der Waals surface area contributed by atoms with Crippen molar-refractivity contribution in [2.75, 3.05) is 12.4 Å². The van der Waals surface area contributed by atoms with Crippen molar-refractivity contribution in [2.45, 2.75) is 24.1 Å². The SMILES string of the molecule is Fc1ccc(-n2c(SCC3CCCO3)nnc2-c2ccccc2)cc1. The van der Waals surface area contributed by atoms with Crippen LogP contribution in [0.5, 0.6) is 0 Å². The van der Waals surface area contributed by atoms with Gasteiger partial charge in [-0.3, -0.25) is 4.57 Å². The Morgan fingerprint density at radius 1 is 1.08 bits per heavy atom. The minimum Gasteiger partial charge on any atom is -0.377 e. The average Bonchev–Trinajstić information content (AvgIpc) is 3.31. The van der Waals surface area contributed by atoms with Gasteiger partial charge in [-0.25, -0.2) is 4.39 Å². The molecule has 4 nitrogen and oxygen atoms in total. The normalized spacial score (nSPS) is 17.1. The third kappa shape index (κ3) is 3.60. The summed E-state index contributed by atoms with van der Waals surface area (Å²) in [6.07, 6.45) is 2.47. The van der Waals surface area contributed by atoms with E-state index < -0.39 is 0 Å². The quantitative estimate of drug-likeness (QED) is 0.638. The molecule has 1 atom stereocenters. The van der Waals surface area contributed by atoms with Gasteiger partial charge in [-0.05, 0) is 37.1 Å². The summed E-state index contributed by atoms with van der Waals surface area (Å²) >= 11 is 1.63. The molecule has 3 aromatic rings. The van der Waals surface area contributed by atoms with Crippen LogP contribution in [0.2, 0.25) is 0 Å². The second-order valence-electron chi connectivity index (χ2n) is 5.93. The fraction of sp³-hybridized carbons (Fsp3) is 0.263. The number of halogens is 1. The van der Waals surface area contributed by atoms with Gasteiger partial charge in [0.25, 0.3) is 0 Å². The number of benzene rings is 2. The van der Waals surface area contributed by atoms with Crippen molar-refractivity contribution in [1.82, 2.24) is 14.8 Å². The zero-order valence-electron chi connectivity index (χ0n) is 13.6. The van der Waals surface area contributed by atoms with Gasteiger partial charge < -0.3 is 4.74 Å². The molecule has 1 fully saturated rings. The molecular weight excluding hydrogens is 337 g/mol. The van der Waals surface area contributed by atoms with Gasteiger partial charge in [0.2, 0.25) is 0 Å². The van der Waals surface area contributed by atoms with Crippen molar-refractivity contribution < 1.29 is 9.13 Å². The van der Waals surface area contributed by atoms with Crippen molar-refractivity contribution in [2.24, 2.45) is 0 Å². The third-order valence-corrected chi connectivity index (χ3v) is 5.23. The first-order valence-electron chi connectivity index (χ1n) is 8.32. The molecule has 1 aliphatic rings. The number of nitrogens with zero attached hydrogens (tertiary/aromatic N) is 3. The highest BCUT2D eigenvalue weighted by atomic mass is 32.2. The summed E-state index contributed by atoms with van der Waals surface area (Å²) in [4.78, 5) is 0. The first-order chi connectivity index (χ1) is 12.3. The van der Waals surface area contributed by atoms with Crippen LogP contribution < -0.4 is 0 Å². The highest BCUT2D eigenvalue weighted by Crippen LogP contribution is 2.29. The first-order valence-corrected chi connectivity index (χ1v) is 9.31. The summed E-state index contributed by atoms with van der Waals surface area (Å²) in [5.41, 5.74) is 1.82. The predicted octanol–water partition coefficient (Wildman–Crippen LogP) is 4.34. The van der Waals surface area contributed by atoms with E-state index in [1.807, 2.05) is 34.9 Å². The van der Waals surface area contributed by atoms with Crippen LogP contribution in [-0.2, 0) is 4.74 Å². The zero-order chi connectivity index (χ0) is 17.1. The van der Waals surface area contributed by atoms with Crippen LogP contribution in [-0.4, -0.2) is 33.2 Å². The number of ether oxygens (including phenoxy) is 1. The van der Waals surface area contributed by atoms with Crippen molar-refractivity contribution in [3.63, 3.8) is 0 Å². The highest BCUT2D eigenvalue weighted by molar-refractivity contribution is 7.99. The summed E-state index contributed by atoms with van der Waals surface area (Å²) in [6, 6.07) is 16.3. The first kappa shape index (κ1) is 16.3. The summed E-state index contributed by atoms with van der Waals surface area (Å²) in [5.74, 6) is 1.34. The van der Waals surface area contributed by atoms with Crippen LogP contribution in [0.3, 0.4) is 0 Å². The lowest BCUT2D eigenvalue weighted by atomic mass is 10.2. The van der Waals surface area contributed by atoms with Crippen molar-refractivity contribution in [3.05, 3.63) is 60.4 Å². The molecule has 4 rings (SSSR count). The average molecular weight is 355 g/mol. The molecule has 0 aliphatic carbocycles. The number of rotatable bonds is 5. The summed E-state index contributed by atoms with van der Waals surface area (Å²) < 4.78 is 21.0. The second kappa shape index (κ2) is 7.37. The number of aromatic nitrogens is 3. The lowest BCUT2D eigenvalue weighted by Gasteiger charge is -2.12. The maximum Gasteiger partial charge on any atom is 0.196 e. The molecule has 128 valence electrons. The molecular formula is C19H18FN3OS. The zero-order valence-corrected chi connectivity index (χ0v) is 14.5. The standard InChI is InChI=1S/C19H18FN3OS/c20-15-8-10-16(11-9-15)23-18(14-5-2-1-3-6-14)21-22-19(23)25-13-17-7-4-12-24-17/h1-3,5-6,8-11,17H,4,7,12-13H2. The maximum absolute atomic E-state index is 13.3. The summed E-state index contributed by atoms with van der Waals surface area (Å²) in [7, 11) is 0. The molecule has 0 saturated carbocycles. The smallest absolute Gasteiger partial charge is 0.196 e. The molecule has 0 N–H and O–H groups in total. The molecule has 0 spiro atoms. The maximum atomic E-state index is 13.3. The molecule has 1 saturated heterocycles. The van der Waals surface area contributed by atoms with Gasteiger partial charge in [-0.15, -0.1) is 10.2 Å². The molecule has 0 amide bonds. The van der Waals surface area contributed by atoms with Gasteiger partial charge in [0.15, 0.2) is 11.0 Å². The second-order valence-corrected chi connectivity index (χ2v) is 6.92. The van der Waals surface area contributed by atoms with E-state index in [-0.39, 0.29) is 11.9 Å². The van der Waals surface area contributed by atoms with Crippen LogP contribution in [0.15, 0.2) is 59.8 Å². The lowest BCUT2D eigenvalue weighted by molar-refractivity contribution is 0.129. The van der Waals surface area contributed by atoms with Crippen LogP contribution >= 0.6 is 11.8 Å². The van der Waals surface area contributed by atoms with Crippen LogP contribution in [0.4, 0.5) is 4.39 Å². The van der Waals surface area contributed by atoms with Crippen LogP contribution in [0.1, 0.15) is 12.8 Å². The lowest BCUT2D eigenvalue weighted by Crippen LogP contribution is -2.09. The Balaban J connectivity index is 1.70. The Hall–Kier alpha value is -2.18. The van der Waals surface area contributed by atoms with Crippen LogP contribution in [0.25, 0.3) is 17.1 Å². The van der Waals surface area contributed by atoms with E-state index in [1.54, 1.807) is 23.9 Å². The number of thioether (sulfide) groups is 1. The predicted molar refractivity (Wildman–Crippen MR) is 96.5 cm³/mol. The summed E-state index contributed by atoms with van der Waals surface area (Å²) in [6.45, 7) is 0.838. The van der Waals surface area contributed by atoms with Gasteiger partial charge in [-0.1, -0.05) is 42.1 Å². The Morgan fingerprint density at radius 3 is 2.60 bits per heavy atom. The third-order valence-electron chi connectivity index (χ3n) is 4.17. The van der Waals surface area contributed by atoms with Crippen molar-refractivity contribution in [3.8, 4) is 17.1 Å². The largest absolute Gasteiger partial charge is 0.377 e. The van der Waals surface area contributed by atoms with E-state index in [4.69, 9.17) is 4.74 Å². The number of hydrogen-bond donors (Lipinski definition) is 0. The number of hydrogen-bond acceptors (Lipinski definition) is 4. The molecule has 0 bridgehead atoms. The summed E-state index contributed by atoms with van der Waals surface area (Å²) in [5, 5.41) is 9.56. The molecule has 1 aliphatic heterocycles. The highest BCUT2D eigenvalue weighted by Gasteiger charge is 2.20. The topological polar surface area (TPSA) is 39.9 Å². The van der Waals surface area contributed by atoms with E-state index in [1.165, 1.54) is 12.1 Å². The minimum atomic E-state index is -0.258. The molecule has 6 heteroatoms. The Kier molecular flexibility index (Phi) is 4.81. The van der Waals surface area contributed by atoms with E-state index in [0.29, 0.717) is 0 Å². The van der Waals surface area contributed by atoms with Crippen molar-refractivity contribution >= 4 is 11.8 Å². The molecule has 25 heavy (non-hydrogen) atoms. The Bertz CT molecular complexity index is 830. The fourth-order valence-corrected chi connectivity index (χ4v) is 3.92. The van der Waals surface area contributed by atoms with Crippen LogP contribution in [0, 0.1) is 5.82 Å². The molecule has 0 radical (unpaired) electrons. The van der Waals surface area contributed by atoms with Gasteiger partial charge >= 0.3 is 0 Å². The minimum absolute atomic E-state index is 0.258. The Labute approximate surface area is 150 Å². The van der Waals surface area contributed by atoms with E-state index in [0.717, 1.165) is 47.4 Å². The molecule has 2 aromatic carbocycles. The monoisotopic (exact) mass is 355 g/mol. The Morgan fingerprint density at radius 2 is 1.88 bits per heavy atom. The van der Waals surface area contributed by atoms with E-state index >= 15 is 0 Å². The van der Waals surface area contributed by atoms with E-state index in [2.05, 4.69) is 10.2 Å². The van der Waals surface area contributed by atoms with E-state index in [9.17, 15) is 4.39 Å². The molecule has 1 aromatic heterocycles. The fourth-order valence-electron chi connectivity index (χ4n) is 2.90. The van der Waals surface area contributed by atoms with Gasteiger partial charge in [0, 0.05) is 23.6 Å². The van der Waals surface area contributed by atoms with Gasteiger partial charge in [-0.2, -0.15) is 0 Å².